The molecule has 9 rings (SSSR count). The topological polar surface area (TPSA) is 9.86 Å². The zero-order valence-electron chi connectivity index (χ0n) is 25.9. The fourth-order valence-electron chi connectivity index (χ4n) is 8.39. The van der Waals surface area contributed by atoms with Crippen LogP contribution in [0.4, 0.5) is 0 Å². The summed E-state index contributed by atoms with van der Waals surface area (Å²) in [6, 6.07) is 45.4. The van der Waals surface area contributed by atoms with Crippen molar-refractivity contribution >= 4 is 38.8 Å². The van der Waals surface area contributed by atoms with Crippen molar-refractivity contribution in [2.45, 2.75) is 50.9 Å². The summed E-state index contributed by atoms with van der Waals surface area (Å²) >= 11 is 0. The van der Waals surface area contributed by atoms with Gasteiger partial charge in [0, 0.05) is 38.8 Å². The minimum atomic E-state index is 0.569. The predicted octanol–water partition coefficient (Wildman–Crippen LogP) is 11.4. The second kappa shape index (κ2) is 10.7. The van der Waals surface area contributed by atoms with E-state index in [-0.39, 0.29) is 0 Å². The van der Waals surface area contributed by atoms with E-state index in [1.54, 1.807) is 0 Å². The molecule has 0 radical (unpaired) electrons. The largest absolute Gasteiger partial charge is 0.313 e. The van der Waals surface area contributed by atoms with E-state index < -0.39 is 0 Å². The monoisotopic (exact) mass is 582 g/mol. The summed E-state index contributed by atoms with van der Waals surface area (Å²) in [4.78, 5) is 0. The summed E-state index contributed by atoms with van der Waals surface area (Å²) in [5.41, 5.74) is 12.2. The zero-order valence-corrected chi connectivity index (χ0v) is 25.9. The molecule has 1 saturated carbocycles. The number of allylic oxidation sites excluding steroid dienone is 1. The second-order valence-corrected chi connectivity index (χ2v) is 13.4. The molecule has 0 amide bonds. The maximum Gasteiger partial charge on any atom is 0.0541 e. The molecule has 0 saturated heterocycles. The van der Waals surface area contributed by atoms with Gasteiger partial charge in [-0.15, -0.1) is 0 Å². The van der Waals surface area contributed by atoms with Crippen molar-refractivity contribution in [1.29, 1.82) is 0 Å². The summed E-state index contributed by atoms with van der Waals surface area (Å²) in [5.74, 6) is 1.85. The molecule has 2 aromatic heterocycles. The summed E-state index contributed by atoms with van der Waals surface area (Å²) < 4.78 is 4.92. The number of hydrogen-bond acceptors (Lipinski definition) is 0. The molecule has 0 N–H and O–H groups in total. The number of fused-ring (bicyclic) bond motifs is 6. The minimum absolute atomic E-state index is 0.569. The highest BCUT2D eigenvalue weighted by Crippen LogP contribution is 2.42. The Hall–Kier alpha value is -4.82. The lowest BCUT2D eigenvalue weighted by Crippen LogP contribution is -2.12. The van der Waals surface area contributed by atoms with E-state index in [0.29, 0.717) is 17.8 Å². The number of benzene rings is 5. The molecule has 1 atom stereocenters. The Morgan fingerprint density at radius 1 is 0.489 bits per heavy atom. The van der Waals surface area contributed by atoms with Gasteiger partial charge in [-0.2, -0.15) is 0 Å². The molecule has 7 aromatic rings. The molecule has 45 heavy (non-hydrogen) atoms. The van der Waals surface area contributed by atoms with E-state index in [9.17, 15) is 0 Å². The molecular formula is C43H38N2. The number of hydrogen-bond donors (Lipinski definition) is 0. The van der Waals surface area contributed by atoms with Crippen LogP contribution in [0.5, 0.6) is 0 Å². The molecule has 1 fully saturated rings. The molecule has 2 aliphatic carbocycles. The van der Waals surface area contributed by atoms with Crippen LogP contribution in [0.1, 0.15) is 66.8 Å². The fraction of sp³-hybridized carbons (Fsp3) is 0.209. The van der Waals surface area contributed by atoms with Crippen molar-refractivity contribution in [2.75, 3.05) is 0 Å². The number of aromatic nitrogens is 2. The third kappa shape index (κ3) is 4.38. The average Bonchev–Trinajstić information content (AvgIpc) is 3.61. The molecule has 0 spiro atoms. The third-order valence-corrected chi connectivity index (χ3v) is 10.7. The van der Waals surface area contributed by atoms with Crippen LogP contribution >= 0.6 is 0 Å². The van der Waals surface area contributed by atoms with E-state index in [1.165, 1.54) is 92.2 Å². The first-order valence-electron chi connectivity index (χ1n) is 16.7. The minimum Gasteiger partial charge on any atom is -0.313 e. The summed E-state index contributed by atoms with van der Waals surface area (Å²) in [7, 11) is 0. The van der Waals surface area contributed by atoms with Crippen LogP contribution in [0, 0.1) is 5.92 Å². The fourth-order valence-corrected chi connectivity index (χ4v) is 8.39. The van der Waals surface area contributed by atoms with Gasteiger partial charge < -0.3 is 9.13 Å². The van der Waals surface area contributed by atoms with Crippen LogP contribution in [0.2, 0.25) is 0 Å². The van der Waals surface area contributed by atoms with Crippen molar-refractivity contribution in [1.82, 2.24) is 9.13 Å². The lowest BCUT2D eigenvalue weighted by Gasteiger charge is -2.29. The third-order valence-electron chi connectivity index (χ3n) is 10.7. The first-order chi connectivity index (χ1) is 22.2. The van der Waals surface area contributed by atoms with Crippen molar-refractivity contribution in [3.8, 4) is 11.4 Å². The highest BCUT2D eigenvalue weighted by molar-refractivity contribution is 6.09. The summed E-state index contributed by atoms with van der Waals surface area (Å²) in [6.07, 6.45) is 10.8. The van der Waals surface area contributed by atoms with Gasteiger partial charge >= 0.3 is 0 Å². The first kappa shape index (κ1) is 26.6. The van der Waals surface area contributed by atoms with Gasteiger partial charge in [0.2, 0.25) is 0 Å². The van der Waals surface area contributed by atoms with E-state index in [4.69, 9.17) is 0 Å². The molecule has 5 aromatic carbocycles. The summed E-state index contributed by atoms with van der Waals surface area (Å²) in [5, 5.41) is 3.99. The highest BCUT2D eigenvalue weighted by Gasteiger charge is 2.25. The second-order valence-electron chi connectivity index (χ2n) is 13.4. The van der Waals surface area contributed by atoms with Gasteiger partial charge in [0.1, 0.15) is 0 Å². The van der Waals surface area contributed by atoms with Crippen LogP contribution in [0.15, 0.2) is 127 Å². The van der Waals surface area contributed by atoms with Crippen LogP contribution in [-0.4, -0.2) is 9.13 Å². The van der Waals surface area contributed by atoms with E-state index in [0.717, 1.165) is 6.42 Å². The first-order valence-corrected chi connectivity index (χ1v) is 16.7. The molecule has 1 unspecified atom stereocenters. The van der Waals surface area contributed by atoms with Gasteiger partial charge in [0.05, 0.1) is 16.6 Å². The molecule has 2 aliphatic rings. The van der Waals surface area contributed by atoms with Crippen LogP contribution in [0.3, 0.4) is 0 Å². The molecule has 2 nitrogen and oxygen atoms in total. The van der Waals surface area contributed by atoms with Crippen molar-refractivity contribution in [3.63, 3.8) is 0 Å². The Morgan fingerprint density at radius 3 is 1.47 bits per heavy atom. The molecule has 0 aliphatic heterocycles. The lowest BCUT2D eigenvalue weighted by molar-refractivity contribution is 0.396. The Labute approximate surface area is 265 Å². The SMILES string of the molecule is CC1C=Cc2c(n(-c3ccc(C4CCC(c5ccc(-n6c7ccccc7c7ccccc76)cc5)CC4)cc3)c3ccccc23)C1. The smallest absolute Gasteiger partial charge is 0.0541 e. The van der Waals surface area contributed by atoms with Gasteiger partial charge in [-0.25, -0.2) is 0 Å². The zero-order chi connectivity index (χ0) is 29.9. The molecule has 2 heterocycles. The standard InChI is InChI=1S/C43H38N2/c1-29-14-27-39-38-10-4-7-13-42(38)45(43(39)28-29)35-25-21-33(22-26-35)31-17-15-30(16-18-31)32-19-23-34(24-20-32)44-40-11-5-2-8-36(40)37-9-3-6-12-41(37)44/h2-14,19-27,29-31H,15-18,28H2,1H3. The molecule has 0 bridgehead atoms. The molecule has 220 valence electrons. The number of nitrogens with zero attached hydrogens (tertiary/aromatic N) is 2. The van der Waals surface area contributed by atoms with Gasteiger partial charge in [-0.1, -0.05) is 97.9 Å². The highest BCUT2D eigenvalue weighted by atomic mass is 15.0. The predicted molar refractivity (Wildman–Crippen MR) is 190 cm³/mol. The summed E-state index contributed by atoms with van der Waals surface area (Å²) in [6.45, 7) is 2.32. The van der Waals surface area contributed by atoms with Gasteiger partial charge in [-0.3, -0.25) is 0 Å². The van der Waals surface area contributed by atoms with Crippen LogP contribution < -0.4 is 0 Å². The number of para-hydroxylation sites is 3. The Balaban J connectivity index is 0.933. The lowest BCUT2D eigenvalue weighted by atomic mass is 9.76. The Morgan fingerprint density at radius 2 is 0.933 bits per heavy atom. The normalized spacial score (nSPS) is 19.8. The Bertz CT molecular complexity index is 2150. The van der Waals surface area contributed by atoms with E-state index in [2.05, 4.69) is 150 Å². The molecule has 2 heteroatoms. The van der Waals surface area contributed by atoms with Crippen molar-refractivity contribution in [2.24, 2.45) is 5.92 Å². The van der Waals surface area contributed by atoms with E-state index in [1.807, 2.05) is 0 Å². The van der Waals surface area contributed by atoms with Crippen molar-refractivity contribution in [3.05, 3.63) is 150 Å². The maximum atomic E-state index is 2.51. The van der Waals surface area contributed by atoms with Gasteiger partial charge in [0.25, 0.3) is 0 Å². The van der Waals surface area contributed by atoms with Crippen molar-refractivity contribution < 1.29 is 0 Å². The maximum absolute atomic E-state index is 2.51. The van der Waals surface area contributed by atoms with E-state index >= 15 is 0 Å². The van der Waals surface area contributed by atoms with Crippen LogP contribution in [0.25, 0.3) is 50.2 Å². The average molecular weight is 583 g/mol. The van der Waals surface area contributed by atoms with Gasteiger partial charge in [0.15, 0.2) is 0 Å². The van der Waals surface area contributed by atoms with Crippen LogP contribution in [-0.2, 0) is 6.42 Å². The van der Waals surface area contributed by atoms with Gasteiger partial charge in [-0.05, 0) is 103 Å². The quantitative estimate of drug-likeness (QED) is 0.195. The molecular weight excluding hydrogens is 544 g/mol. The number of rotatable bonds is 4. The Kier molecular flexibility index (Phi) is 6.30.